The van der Waals surface area contributed by atoms with Crippen LogP contribution in [0, 0.1) is 13.8 Å². The van der Waals surface area contributed by atoms with Crippen LogP contribution in [-0.2, 0) is 9.59 Å². The fourth-order valence-corrected chi connectivity index (χ4v) is 5.21. The summed E-state index contributed by atoms with van der Waals surface area (Å²) < 4.78 is 17.2. The molecule has 1 heterocycles. The van der Waals surface area contributed by atoms with Crippen LogP contribution in [-0.4, -0.2) is 36.5 Å². The Hall–Kier alpha value is -3.82. The van der Waals surface area contributed by atoms with Gasteiger partial charge in [-0.3, -0.25) is 14.5 Å². The van der Waals surface area contributed by atoms with Crippen molar-refractivity contribution in [1.82, 2.24) is 0 Å². The van der Waals surface area contributed by atoms with Gasteiger partial charge in [0, 0.05) is 11.8 Å². The highest BCUT2D eigenvalue weighted by Gasteiger charge is 2.34. The van der Waals surface area contributed by atoms with Crippen molar-refractivity contribution in [3.05, 3.63) is 82.3 Å². The van der Waals surface area contributed by atoms with E-state index in [0.29, 0.717) is 38.8 Å². The number of nitrogens with zero attached hydrogens (tertiary/aromatic N) is 1. The third-order valence-electron chi connectivity index (χ3n) is 5.66. The van der Waals surface area contributed by atoms with Gasteiger partial charge in [-0.2, -0.15) is 0 Å². The van der Waals surface area contributed by atoms with Crippen LogP contribution in [0.25, 0.3) is 6.08 Å². The third-order valence-corrected chi connectivity index (χ3v) is 6.97. The number of nitrogens with one attached hydrogen (secondary N) is 1. The summed E-state index contributed by atoms with van der Waals surface area (Å²) in [5.74, 6) is 1.05. The average Bonchev–Trinajstić information content (AvgIpc) is 3.16. The lowest BCUT2D eigenvalue weighted by molar-refractivity contribution is -0.118. The fourth-order valence-electron chi connectivity index (χ4n) is 3.93. The minimum absolute atomic E-state index is 0.167. The van der Waals surface area contributed by atoms with Gasteiger partial charge in [0.1, 0.15) is 5.75 Å². The Morgan fingerprint density at radius 3 is 2.61 bits per heavy atom. The summed E-state index contributed by atoms with van der Waals surface area (Å²) in [5.41, 5.74) is 4.25. The first-order valence-electron chi connectivity index (χ1n) is 12.0. The van der Waals surface area contributed by atoms with E-state index in [9.17, 15) is 9.59 Å². The molecule has 0 atom stereocenters. The van der Waals surface area contributed by atoms with Gasteiger partial charge in [0.05, 0.1) is 24.3 Å². The number of anilines is 2. The highest BCUT2D eigenvalue weighted by molar-refractivity contribution is 8.27. The van der Waals surface area contributed by atoms with E-state index in [0.717, 1.165) is 22.4 Å². The second kappa shape index (κ2) is 12.1. The van der Waals surface area contributed by atoms with Crippen molar-refractivity contribution in [3.8, 4) is 17.2 Å². The molecule has 3 aromatic carbocycles. The molecule has 1 saturated heterocycles. The van der Waals surface area contributed by atoms with Gasteiger partial charge in [-0.05, 0) is 68.3 Å². The molecular formula is C29H28N2O5S2. The molecule has 3 aromatic rings. The van der Waals surface area contributed by atoms with Crippen molar-refractivity contribution in [2.24, 2.45) is 0 Å². The van der Waals surface area contributed by atoms with Crippen molar-refractivity contribution in [2.75, 3.05) is 30.5 Å². The van der Waals surface area contributed by atoms with Crippen LogP contribution in [0.5, 0.6) is 17.2 Å². The zero-order valence-electron chi connectivity index (χ0n) is 21.6. The number of benzene rings is 3. The summed E-state index contributed by atoms with van der Waals surface area (Å²) in [5, 5.41) is 2.78. The van der Waals surface area contributed by atoms with Gasteiger partial charge in [0.15, 0.2) is 22.4 Å². The summed E-state index contributed by atoms with van der Waals surface area (Å²) in [6, 6.07) is 18.3. The van der Waals surface area contributed by atoms with Crippen LogP contribution in [0.4, 0.5) is 11.4 Å². The first-order valence-corrected chi connectivity index (χ1v) is 13.2. The number of carbonyl (C=O) groups is 2. The maximum absolute atomic E-state index is 13.2. The molecule has 0 aromatic heterocycles. The topological polar surface area (TPSA) is 77.1 Å². The average molecular weight is 549 g/mol. The molecule has 0 bridgehead atoms. The molecule has 0 aliphatic carbocycles. The largest absolute Gasteiger partial charge is 0.497 e. The molecule has 0 spiro atoms. The number of methoxy groups -OCH3 is 1. The fraction of sp³-hybridized carbons (Fsp3) is 0.207. The van der Waals surface area contributed by atoms with Gasteiger partial charge < -0.3 is 19.5 Å². The van der Waals surface area contributed by atoms with Gasteiger partial charge in [-0.1, -0.05) is 53.8 Å². The highest BCUT2D eigenvalue weighted by Crippen LogP contribution is 2.38. The molecule has 0 unspecified atom stereocenters. The summed E-state index contributed by atoms with van der Waals surface area (Å²) in [4.78, 5) is 27.8. The van der Waals surface area contributed by atoms with E-state index in [4.69, 9.17) is 26.4 Å². The molecule has 4 rings (SSSR count). The molecular weight excluding hydrogens is 520 g/mol. The van der Waals surface area contributed by atoms with E-state index in [2.05, 4.69) is 5.32 Å². The maximum Gasteiger partial charge on any atom is 0.270 e. The van der Waals surface area contributed by atoms with E-state index < -0.39 is 0 Å². The van der Waals surface area contributed by atoms with Gasteiger partial charge in [-0.25, -0.2) is 0 Å². The molecule has 9 heteroatoms. The van der Waals surface area contributed by atoms with E-state index >= 15 is 0 Å². The van der Waals surface area contributed by atoms with Crippen molar-refractivity contribution in [1.29, 1.82) is 0 Å². The summed E-state index contributed by atoms with van der Waals surface area (Å²) in [6.07, 6.45) is 1.78. The highest BCUT2D eigenvalue weighted by atomic mass is 32.2. The van der Waals surface area contributed by atoms with E-state index in [1.807, 2.05) is 45.0 Å². The smallest absolute Gasteiger partial charge is 0.270 e. The summed E-state index contributed by atoms with van der Waals surface area (Å²) in [7, 11) is 1.56. The molecule has 1 aliphatic heterocycles. The second-order valence-electron chi connectivity index (χ2n) is 8.52. The van der Waals surface area contributed by atoms with Crippen LogP contribution in [0.3, 0.4) is 0 Å². The molecule has 1 aliphatic rings. The number of hydrogen-bond acceptors (Lipinski definition) is 7. The Bertz CT molecular complexity index is 1420. The van der Waals surface area contributed by atoms with Crippen molar-refractivity contribution >= 4 is 57.6 Å². The first kappa shape index (κ1) is 27.2. The Labute approximate surface area is 231 Å². The number of thioether (sulfide) groups is 1. The first-order chi connectivity index (χ1) is 18.3. The molecule has 196 valence electrons. The van der Waals surface area contributed by atoms with Crippen LogP contribution in [0.1, 0.15) is 23.6 Å². The monoisotopic (exact) mass is 548 g/mol. The second-order valence-corrected chi connectivity index (χ2v) is 10.2. The number of ether oxygens (including phenoxy) is 3. The van der Waals surface area contributed by atoms with Gasteiger partial charge in [0.2, 0.25) is 0 Å². The van der Waals surface area contributed by atoms with Gasteiger partial charge in [-0.15, -0.1) is 0 Å². The Morgan fingerprint density at radius 2 is 1.87 bits per heavy atom. The van der Waals surface area contributed by atoms with Crippen molar-refractivity contribution < 1.29 is 23.8 Å². The molecule has 1 fully saturated rings. The Balaban J connectivity index is 1.48. The van der Waals surface area contributed by atoms with Gasteiger partial charge in [0.25, 0.3) is 11.8 Å². The molecule has 2 amide bonds. The molecule has 38 heavy (non-hydrogen) atoms. The zero-order valence-corrected chi connectivity index (χ0v) is 23.2. The number of hydrogen-bond donors (Lipinski definition) is 1. The van der Waals surface area contributed by atoms with Crippen molar-refractivity contribution in [2.45, 2.75) is 20.8 Å². The predicted octanol–water partition coefficient (Wildman–Crippen LogP) is 6.13. The summed E-state index contributed by atoms with van der Waals surface area (Å²) in [6.45, 7) is 6.04. The number of aryl methyl sites for hydroxylation is 2. The lowest BCUT2D eigenvalue weighted by atomic mass is 10.1. The van der Waals surface area contributed by atoms with E-state index in [-0.39, 0.29) is 18.4 Å². The zero-order chi connectivity index (χ0) is 27.2. The lowest BCUT2D eigenvalue weighted by Gasteiger charge is -2.17. The third kappa shape index (κ3) is 6.35. The number of carbonyl (C=O) groups excluding carboxylic acids is 2. The number of amides is 2. The number of thiocarbonyl (C=S) groups is 1. The van der Waals surface area contributed by atoms with Crippen molar-refractivity contribution in [3.63, 3.8) is 0 Å². The van der Waals surface area contributed by atoms with E-state index in [1.54, 1.807) is 54.5 Å². The Kier molecular flexibility index (Phi) is 8.70. The van der Waals surface area contributed by atoms with Gasteiger partial charge >= 0.3 is 0 Å². The predicted molar refractivity (Wildman–Crippen MR) is 156 cm³/mol. The minimum Gasteiger partial charge on any atom is -0.497 e. The molecule has 0 saturated carbocycles. The number of rotatable bonds is 9. The van der Waals surface area contributed by atoms with Crippen LogP contribution in [0.15, 0.2) is 65.6 Å². The maximum atomic E-state index is 13.2. The van der Waals surface area contributed by atoms with E-state index in [1.165, 1.54) is 11.8 Å². The van der Waals surface area contributed by atoms with Crippen LogP contribution < -0.4 is 24.4 Å². The summed E-state index contributed by atoms with van der Waals surface area (Å²) >= 11 is 6.79. The SMILES string of the molecule is CCOc1cc(/C=C2\SC(=S)N(c3ccc(C)cc3C)C2=O)ccc1OCC(=O)Nc1cccc(OC)c1. The molecule has 0 radical (unpaired) electrons. The van der Waals surface area contributed by atoms with Crippen LogP contribution >= 0.6 is 24.0 Å². The lowest BCUT2D eigenvalue weighted by Crippen LogP contribution is -2.28. The molecule has 1 N–H and O–H groups in total. The standard InChI is InChI=1S/C29H28N2O5S2/c1-5-35-25-14-20(10-12-24(25)36-17-27(32)30-21-7-6-8-22(16-21)34-4)15-26-28(33)31(29(37)38-26)23-11-9-18(2)13-19(23)3/h6-16H,5,17H2,1-4H3,(H,30,32)/b26-15-. The quantitative estimate of drug-likeness (QED) is 0.254. The Morgan fingerprint density at radius 1 is 1.05 bits per heavy atom. The normalized spacial score (nSPS) is 14.1. The van der Waals surface area contributed by atoms with Crippen LogP contribution in [0.2, 0.25) is 0 Å². The minimum atomic E-state index is -0.320. The molecule has 7 nitrogen and oxygen atoms in total.